The van der Waals surface area contributed by atoms with Crippen LogP contribution < -0.4 is 24.4 Å². The third kappa shape index (κ3) is 7.15. The Labute approximate surface area is 259 Å². The maximum Gasteiger partial charge on any atom is 0.227 e. The van der Waals surface area contributed by atoms with Gasteiger partial charge in [0, 0.05) is 61.0 Å². The molecule has 0 unspecified atom stereocenters. The van der Waals surface area contributed by atoms with Crippen LogP contribution in [0.4, 0.5) is 26.1 Å². The van der Waals surface area contributed by atoms with Gasteiger partial charge in [0.1, 0.15) is 5.75 Å². The highest BCUT2D eigenvalue weighted by Crippen LogP contribution is 2.35. The van der Waals surface area contributed by atoms with Crippen LogP contribution in [0.2, 0.25) is 0 Å². The van der Waals surface area contributed by atoms with Gasteiger partial charge in [0.2, 0.25) is 5.95 Å². The van der Waals surface area contributed by atoms with Crippen LogP contribution in [-0.4, -0.2) is 93.5 Å². The van der Waals surface area contributed by atoms with E-state index in [-0.39, 0.29) is 23.5 Å². The Balaban J connectivity index is 1.17. The lowest BCUT2D eigenvalue weighted by Gasteiger charge is -2.43. The Morgan fingerprint density at radius 2 is 1.39 bits per heavy atom. The van der Waals surface area contributed by atoms with E-state index < -0.39 is 11.6 Å². The zero-order chi connectivity index (χ0) is 31.2. The molecular formula is C33H44F2N6O3. The number of aromatic nitrogens is 2. The fourth-order valence-corrected chi connectivity index (χ4v) is 6.33. The van der Waals surface area contributed by atoms with Gasteiger partial charge in [0.05, 0.1) is 27.0 Å². The average molecular weight is 611 g/mol. The molecule has 2 saturated heterocycles. The molecule has 1 N–H and O–H groups in total. The molecule has 3 aromatic rings. The number of methoxy groups -OCH3 is 3. The second-order valence-electron chi connectivity index (χ2n) is 11.7. The number of benzene rings is 2. The molecule has 3 heterocycles. The van der Waals surface area contributed by atoms with Gasteiger partial charge in [-0.3, -0.25) is 0 Å². The molecule has 2 fully saturated rings. The molecule has 0 saturated carbocycles. The van der Waals surface area contributed by atoms with E-state index in [1.807, 2.05) is 12.1 Å². The van der Waals surface area contributed by atoms with Crippen molar-refractivity contribution in [2.24, 2.45) is 0 Å². The Hall–Kier alpha value is -3.70. The largest absolute Gasteiger partial charge is 0.495 e. The summed E-state index contributed by atoms with van der Waals surface area (Å²) in [4.78, 5) is 16.3. The van der Waals surface area contributed by atoms with Gasteiger partial charge in [-0.2, -0.15) is 0 Å². The summed E-state index contributed by atoms with van der Waals surface area (Å²) in [7, 11) is 8.88. The Morgan fingerprint density at radius 1 is 0.818 bits per heavy atom. The number of piperidine rings is 2. The third-order valence-corrected chi connectivity index (χ3v) is 9.11. The summed E-state index contributed by atoms with van der Waals surface area (Å²) < 4.78 is 45.3. The van der Waals surface area contributed by atoms with Crippen LogP contribution in [0.15, 0.2) is 36.7 Å². The van der Waals surface area contributed by atoms with Crippen LogP contribution in [0.5, 0.6) is 17.2 Å². The quantitative estimate of drug-likeness (QED) is 0.311. The molecule has 5 rings (SSSR count). The molecule has 2 aliphatic rings. The Kier molecular flexibility index (Phi) is 10.4. The molecule has 2 aliphatic heterocycles. The fraction of sp³-hybridized carbons (Fsp3) is 0.515. The van der Waals surface area contributed by atoms with Crippen molar-refractivity contribution in [3.05, 3.63) is 59.4 Å². The molecule has 0 aliphatic carbocycles. The summed E-state index contributed by atoms with van der Waals surface area (Å²) >= 11 is 0. The van der Waals surface area contributed by atoms with E-state index in [0.29, 0.717) is 24.5 Å². The van der Waals surface area contributed by atoms with E-state index in [9.17, 15) is 8.78 Å². The van der Waals surface area contributed by atoms with Crippen LogP contribution in [0.3, 0.4) is 0 Å². The number of likely N-dealkylation sites (tertiary alicyclic amines) is 1. The summed E-state index contributed by atoms with van der Waals surface area (Å²) in [5, 5.41) is 3.24. The molecule has 11 heteroatoms. The SMILES string of the molecule is COc1cc(Nc2ncc(CCc3c(F)c(OC)cc(OC)c3F)cn2)ccc1N1CCC(N(C)C2CCN(C)CC2)CC1. The monoisotopic (exact) mass is 610 g/mol. The molecule has 0 atom stereocenters. The van der Waals surface area contributed by atoms with Crippen molar-refractivity contribution in [3.63, 3.8) is 0 Å². The van der Waals surface area contributed by atoms with E-state index in [1.165, 1.54) is 46.2 Å². The minimum absolute atomic E-state index is 0.0596. The Morgan fingerprint density at radius 3 is 1.95 bits per heavy atom. The van der Waals surface area contributed by atoms with Crippen molar-refractivity contribution in [2.75, 3.05) is 71.8 Å². The molecule has 238 valence electrons. The minimum atomic E-state index is -0.730. The van der Waals surface area contributed by atoms with E-state index in [1.54, 1.807) is 19.5 Å². The highest BCUT2D eigenvalue weighted by molar-refractivity contribution is 5.67. The Bertz CT molecular complexity index is 1370. The summed E-state index contributed by atoms with van der Waals surface area (Å²) in [6, 6.07) is 8.56. The maximum atomic E-state index is 14.7. The number of hydrogen-bond acceptors (Lipinski definition) is 9. The number of nitrogens with zero attached hydrogens (tertiary/aromatic N) is 5. The number of halogens is 2. The molecule has 0 spiro atoms. The third-order valence-electron chi connectivity index (χ3n) is 9.11. The molecule has 2 aromatic carbocycles. The highest BCUT2D eigenvalue weighted by atomic mass is 19.1. The summed E-state index contributed by atoms with van der Waals surface area (Å²) in [5.74, 6) is -0.363. The van der Waals surface area contributed by atoms with Gasteiger partial charge in [0.25, 0.3) is 0 Å². The maximum absolute atomic E-state index is 14.7. The zero-order valence-corrected chi connectivity index (χ0v) is 26.4. The van der Waals surface area contributed by atoms with E-state index in [4.69, 9.17) is 14.2 Å². The van der Waals surface area contributed by atoms with Crippen molar-refractivity contribution in [3.8, 4) is 17.2 Å². The number of anilines is 3. The van der Waals surface area contributed by atoms with Gasteiger partial charge < -0.3 is 34.2 Å². The van der Waals surface area contributed by atoms with Gasteiger partial charge in [-0.05, 0) is 83.4 Å². The molecule has 0 amide bonds. The van der Waals surface area contributed by atoms with Crippen LogP contribution in [0.1, 0.15) is 36.8 Å². The van der Waals surface area contributed by atoms with E-state index >= 15 is 0 Å². The van der Waals surface area contributed by atoms with Crippen LogP contribution >= 0.6 is 0 Å². The number of nitrogens with one attached hydrogen (secondary N) is 1. The normalized spacial score (nSPS) is 16.8. The summed E-state index contributed by atoms with van der Waals surface area (Å²) in [6.07, 6.45) is 8.53. The van der Waals surface area contributed by atoms with Crippen molar-refractivity contribution >= 4 is 17.3 Å². The van der Waals surface area contributed by atoms with E-state index in [2.05, 4.69) is 50.1 Å². The highest BCUT2D eigenvalue weighted by Gasteiger charge is 2.29. The molecule has 44 heavy (non-hydrogen) atoms. The zero-order valence-electron chi connectivity index (χ0n) is 26.4. The van der Waals surface area contributed by atoms with Crippen molar-refractivity contribution in [2.45, 2.75) is 50.6 Å². The average Bonchev–Trinajstić information content (AvgIpc) is 3.05. The molecule has 1 aromatic heterocycles. The topological polar surface area (TPSA) is 75.2 Å². The molecule has 0 bridgehead atoms. The van der Waals surface area contributed by atoms with E-state index in [0.717, 1.165) is 48.6 Å². The lowest BCUT2D eigenvalue weighted by molar-refractivity contribution is 0.0947. The first-order valence-corrected chi connectivity index (χ1v) is 15.3. The fourth-order valence-electron chi connectivity index (χ4n) is 6.33. The first-order valence-electron chi connectivity index (χ1n) is 15.3. The van der Waals surface area contributed by atoms with Crippen LogP contribution in [-0.2, 0) is 12.8 Å². The number of aryl methyl sites for hydroxylation is 1. The van der Waals surface area contributed by atoms with Gasteiger partial charge in [0.15, 0.2) is 23.1 Å². The lowest BCUT2D eigenvalue weighted by atomic mass is 9.97. The van der Waals surface area contributed by atoms with Crippen LogP contribution in [0.25, 0.3) is 0 Å². The molecule has 0 radical (unpaired) electrons. The first-order chi connectivity index (χ1) is 21.3. The van der Waals surface area contributed by atoms with Gasteiger partial charge in [-0.25, -0.2) is 18.7 Å². The van der Waals surface area contributed by atoms with Gasteiger partial charge in [-0.15, -0.1) is 0 Å². The van der Waals surface area contributed by atoms with Gasteiger partial charge >= 0.3 is 0 Å². The predicted molar refractivity (Wildman–Crippen MR) is 169 cm³/mol. The van der Waals surface area contributed by atoms with Crippen molar-refractivity contribution < 1.29 is 23.0 Å². The first kappa shape index (κ1) is 31.7. The second-order valence-corrected chi connectivity index (χ2v) is 11.7. The number of ether oxygens (including phenoxy) is 3. The predicted octanol–water partition coefficient (Wildman–Crippen LogP) is 5.30. The smallest absolute Gasteiger partial charge is 0.227 e. The van der Waals surface area contributed by atoms with Crippen LogP contribution in [0, 0.1) is 11.6 Å². The lowest BCUT2D eigenvalue weighted by Crippen LogP contribution is -2.50. The van der Waals surface area contributed by atoms with Crippen molar-refractivity contribution in [1.29, 1.82) is 0 Å². The number of hydrogen-bond donors (Lipinski definition) is 1. The van der Waals surface area contributed by atoms with Gasteiger partial charge in [-0.1, -0.05) is 0 Å². The van der Waals surface area contributed by atoms with Crippen molar-refractivity contribution in [1.82, 2.24) is 19.8 Å². The summed E-state index contributed by atoms with van der Waals surface area (Å²) in [5.41, 5.74) is 2.55. The second kappa shape index (κ2) is 14.4. The number of rotatable bonds is 11. The molecule has 9 nitrogen and oxygen atoms in total. The minimum Gasteiger partial charge on any atom is -0.495 e. The molecular weight excluding hydrogens is 566 g/mol. The summed E-state index contributed by atoms with van der Waals surface area (Å²) in [6.45, 7) is 4.35. The standard InChI is InChI=1S/C33H44F2N6O3/c1-39-14-10-24(11-15-39)40(2)25-12-16-41(17-13-25)27-9-7-23(18-28(27)42-3)38-33-36-20-22(21-37-33)6-8-26-31(34)29(43-4)19-30(44-5)32(26)35/h7,9,18-21,24-25H,6,8,10-17H2,1-5H3,(H,36,37,38).